The van der Waals surface area contributed by atoms with Crippen LogP contribution in [0.5, 0.6) is 0 Å². The summed E-state index contributed by atoms with van der Waals surface area (Å²) in [7, 11) is 0. The number of rotatable bonds is 5. The van der Waals surface area contributed by atoms with Crippen molar-refractivity contribution < 1.29 is 0 Å². The molecule has 0 radical (unpaired) electrons. The zero-order valence-electron chi connectivity index (χ0n) is 31.0. The third-order valence-corrected chi connectivity index (χ3v) is 11.8. The maximum Gasteiger partial charge on any atom is 0.0548 e. The summed E-state index contributed by atoms with van der Waals surface area (Å²) in [6.07, 6.45) is 0. The molecule has 12 rings (SSSR count). The van der Waals surface area contributed by atoms with Gasteiger partial charge in [-0.1, -0.05) is 140 Å². The molecule has 9 aromatic carbocycles. The van der Waals surface area contributed by atoms with Crippen molar-refractivity contribution in [2.45, 2.75) is 0 Å². The fraction of sp³-hybridized carbons (Fsp3) is 0. The number of fused-ring (bicyclic) bond motifs is 10. The zero-order valence-corrected chi connectivity index (χ0v) is 31.0. The smallest absolute Gasteiger partial charge is 0.0548 e. The Hall–Kier alpha value is -7.62. The first-order valence-corrected chi connectivity index (χ1v) is 19.6. The standard InChI is InChI=1S/C54H35N3/c1-2-14-36(15-3-1)37-28-30-40(31-29-37)55-49-26-10-6-22-45(49)53-51(55)32-33-52-54(53)46-23-7-11-27-50(46)57(52)42-19-13-17-39(35-42)38-16-12-18-41(34-38)56-47-24-8-4-20-43(47)44-21-5-9-25-48(44)56/h1-35H. The van der Waals surface area contributed by atoms with E-state index in [2.05, 4.69) is 226 Å². The van der Waals surface area contributed by atoms with Crippen LogP contribution in [0, 0.1) is 0 Å². The summed E-state index contributed by atoms with van der Waals surface area (Å²) in [6, 6.07) is 77.3. The molecule has 0 amide bonds. The molecule has 57 heavy (non-hydrogen) atoms. The number of hydrogen-bond donors (Lipinski definition) is 0. The minimum Gasteiger partial charge on any atom is -0.309 e. The van der Waals surface area contributed by atoms with Crippen LogP contribution in [0.2, 0.25) is 0 Å². The molecule has 266 valence electrons. The van der Waals surface area contributed by atoms with E-state index >= 15 is 0 Å². The van der Waals surface area contributed by atoms with Gasteiger partial charge in [-0.3, -0.25) is 0 Å². The van der Waals surface area contributed by atoms with Gasteiger partial charge in [-0.05, 0) is 95.1 Å². The van der Waals surface area contributed by atoms with Crippen LogP contribution >= 0.6 is 0 Å². The Morgan fingerprint density at radius 1 is 0.211 bits per heavy atom. The average molecular weight is 726 g/mol. The lowest BCUT2D eigenvalue weighted by atomic mass is 10.0. The summed E-state index contributed by atoms with van der Waals surface area (Å²) in [4.78, 5) is 0. The van der Waals surface area contributed by atoms with E-state index < -0.39 is 0 Å². The molecular weight excluding hydrogens is 691 g/mol. The molecule has 0 unspecified atom stereocenters. The Kier molecular flexibility index (Phi) is 6.93. The number of benzene rings is 9. The number of para-hydroxylation sites is 4. The quantitative estimate of drug-likeness (QED) is 0.168. The first kappa shape index (κ1) is 31.7. The van der Waals surface area contributed by atoms with E-state index in [1.807, 2.05) is 0 Å². The Balaban J connectivity index is 1.03. The molecule has 0 saturated carbocycles. The summed E-state index contributed by atoms with van der Waals surface area (Å²) in [6.45, 7) is 0. The third-order valence-electron chi connectivity index (χ3n) is 11.8. The number of aromatic nitrogens is 3. The second-order valence-electron chi connectivity index (χ2n) is 14.9. The minimum absolute atomic E-state index is 1.14. The molecule has 3 aromatic heterocycles. The highest BCUT2D eigenvalue weighted by Crippen LogP contribution is 2.43. The highest BCUT2D eigenvalue weighted by molar-refractivity contribution is 6.29. The lowest BCUT2D eigenvalue weighted by molar-refractivity contribution is 1.17. The van der Waals surface area contributed by atoms with Gasteiger partial charge in [0.1, 0.15) is 0 Å². The van der Waals surface area contributed by atoms with Gasteiger partial charge in [-0.2, -0.15) is 0 Å². The highest BCUT2D eigenvalue weighted by Gasteiger charge is 2.21. The van der Waals surface area contributed by atoms with Gasteiger partial charge in [0.25, 0.3) is 0 Å². The molecule has 0 bridgehead atoms. The van der Waals surface area contributed by atoms with Gasteiger partial charge in [0, 0.05) is 49.4 Å². The van der Waals surface area contributed by atoms with Crippen LogP contribution < -0.4 is 0 Å². The first-order chi connectivity index (χ1) is 28.3. The topological polar surface area (TPSA) is 14.8 Å². The van der Waals surface area contributed by atoms with Gasteiger partial charge in [0.2, 0.25) is 0 Å². The van der Waals surface area contributed by atoms with E-state index in [1.165, 1.54) is 87.7 Å². The van der Waals surface area contributed by atoms with E-state index in [0.29, 0.717) is 0 Å². The van der Waals surface area contributed by atoms with Crippen LogP contribution in [0.25, 0.3) is 105 Å². The Morgan fingerprint density at radius 3 is 1.09 bits per heavy atom. The van der Waals surface area contributed by atoms with E-state index in [-0.39, 0.29) is 0 Å². The highest BCUT2D eigenvalue weighted by atomic mass is 15.0. The molecule has 0 atom stereocenters. The Labute approximate surface area is 329 Å². The molecule has 0 aliphatic rings. The SMILES string of the molecule is c1ccc(-c2ccc(-n3c4ccccc4c4c5c6ccccc6n(-c6cccc(-c7cccc(-n8c9ccccc9c9ccccc98)c7)c6)c5ccc43)cc2)cc1. The summed E-state index contributed by atoms with van der Waals surface area (Å²) in [5, 5.41) is 7.59. The first-order valence-electron chi connectivity index (χ1n) is 19.6. The van der Waals surface area contributed by atoms with Crippen molar-refractivity contribution in [2.75, 3.05) is 0 Å². The zero-order chi connectivity index (χ0) is 37.5. The third kappa shape index (κ3) is 4.79. The lowest BCUT2D eigenvalue weighted by Crippen LogP contribution is -1.96. The Morgan fingerprint density at radius 2 is 0.579 bits per heavy atom. The molecule has 0 fully saturated rings. The summed E-state index contributed by atoms with van der Waals surface area (Å²) in [5.74, 6) is 0. The van der Waals surface area contributed by atoms with Crippen molar-refractivity contribution in [2.24, 2.45) is 0 Å². The molecule has 12 aromatic rings. The van der Waals surface area contributed by atoms with E-state index in [1.54, 1.807) is 0 Å². The number of nitrogens with zero attached hydrogens (tertiary/aromatic N) is 3. The van der Waals surface area contributed by atoms with Crippen molar-refractivity contribution in [3.63, 3.8) is 0 Å². The fourth-order valence-corrected chi connectivity index (χ4v) is 9.36. The van der Waals surface area contributed by atoms with Crippen molar-refractivity contribution in [1.29, 1.82) is 0 Å². The van der Waals surface area contributed by atoms with Crippen LogP contribution in [0.1, 0.15) is 0 Å². The molecule has 0 spiro atoms. The molecular formula is C54H35N3. The van der Waals surface area contributed by atoms with E-state index in [0.717, 1.165) is 17.1 Å². The maximum atomic E-state index is 2.45. The van der Waals surface area contributed by atoms with Crippen molar-refractivity contribution in [1.82, 2.24) is 13.7 Å². The van der Waals surface area contributed by atoms with Crippen molar-refractivity contribution in [3.05, 3.63) is 212 Å². The normalized spacial score (nSPS) is 11.9. The molecule has 3 nitrogen and oxygen atoms in total. The molecule has 0 N–H and O–H groups in total. The lowest BCUT2D eigenvalue weighted by Gasteiger charge is -2.13. The molecule has 0 saturated heterocycles. The van der Waals surface area contributed by atoms with Crippen LogP contribution in [0.3, 0.4) is 0 Å². The summed E-state index contributed by atoms with van der Waals surface area (Å²) >= 11 is 0. The van der Waals surface area contributed by atoms with E-state index in [4.69, 9.17) is 0 Å². The van der Waals surface area contributed by atoms with Gasteiger partial charge < -0.3 is 13.7 Å². The van der Waals surface area contributed by atoms with Crippen LogP contribution in [0.4, 0.5) is 0 Å². The second-order valence-corrected chi connectivity index (χ2v) is 14.9. The maximum absolute atomic E-state index is 2.45. The Bertz CT molecular complexity index is 3450. The van der Waals surface area contributed by atoms with Crippen LogP contribution in [0.15, 0.2) is 212 Å². The van der Waals surface area contributed by atoms with Gasteiger partial charge >= 0.3 is 0 Å². The summed E-state index contributed by atoms with van der Waals surface area (Å²) < 4.78 is 7.27. The van der Waals surface area contributed by atoms with Crippen molar-refractivity contribution >= 4 is 65.4 Å². The van der Waals surface area contributed by atoms with E-state index in [9.17, 15) is 0 Å². The average Bonchev–Trinajstić information content (AvgIpc) is 3.93. The fourth-order valence-electron chi connectivity index (χ4n) is 9.36. The molecule has 3 heteroatoms. The molecule has 3 heterocycles. The largest absolute Gasteiger partial charge is 0.309 e. The van der Waals surface area contributed by atoms with Crippen molar-refractivity contribution in [3.8, 4) is 39.3 Å². The molecule has 0 aliphatic carbocycles. The van der Waals surface area contributed by atoms with Gasteiger partial charge in [-0.25, -0.2) is 0 Å². The van der Waals surface area contributed by atoms with Crippen LogP contribution in [-0.2, 0) is 0 Å². The predicted molar refractivity (Wildman–Crippen MR) is 240 cm³/mol. The van der Waals surface area contributed by atoms with Crippen LogP contribution in [-0.4, -0.2) is 13.7 Å². The van der Waals surface area contributed by atoms with Gasteiger partial charge in [0.05, 0.1) is 33.1 Å². The predicted octanol–water partition coefficient (Wildman–Crippen LogP) is 14.3. The minimum atomic E-state index is 1.14. The van der Waals surface area contributed by atoms with Gasteiger partial charge in [0.15, 0.2) is 0 Å². The van der Waals surface area contributed by atoms with Gasteiger partial charge in [-0.15, -0.1) is 0 Å². The summed E-state index contributed by atoms with van der Waals surface area (Å²) in [5.41, 5.74) is 15.5. The monoisotopic (exact) mass is 725 g/mol. The second kappa shape index (κ2) is 12.5. The number of hydrogen-bond acceptors (Lipinski definition) is 0. The molecule has 0 aliphatic heterocycles.